The smallest absolute Gasteiger partial charge is 0.438 e. The van der Waals surface area contributed by atoms with Crippen LogP contribution in [0, 0.1) is 12.7 Å². The highest BCUT2D eigenvalue weighted by Gasteiger charge is 2.33. The number of carbonyl (C=O) groups excluding carboxylic acids is 2. The van der Waals surface area contributed by atoms with Crippen molar-refractivity contribution in [3.05, 3.63) is 114 Å². The van der Waals surface area contributed by atoms with E-state index in [0.717, 1.165) is 35.5 Å². The number of thioether (sulfide) groups is 1. The third kappa shape index (κ3) is 7.79. The van der Waals surface area contributed by atoms with Gasteiger partial charge in [-0.15, -0.1) is 18.3 Å². The highest BCUT2D eigenvalue weighted by Crippen LogP contribution is 2.32. The second-order valence-corrected chi connectivity index (χ2v) is 12.2. The first-order chi connectivity index (χ1) is 25.0. The van der Waals surface area contributed by atoms with E-state index in [1.54, 1.807) is 6.07 Å². The Kier molecular flexibility index (Phi) is 9.44. The van der Waals surface area contributed by atoms with Gasteiger partial charge in [0.05, 0.1) is 29.4 Å². The van der Waals surface area contributed by atoms with Gasteiger partial charge in [-0.3, -0.25) is 9.69 Å². The average molecular weight is 732 g/mol. The fourth-order valence-corrected chi connectivity index (χ4v) is 6.08. The highest BCUT2D eigenvalue weighted by atomic mass is 32.2. The van der Waals surface area contributed by atoms with E-state index in [1.807, 2.05) is 43.3 Å². The topological polar surface area (TPSA) is 137 Å². The summed E-state index contributed by atoms with van der Waals surface area (Å²) in [6.45, 7) is 2.06. The largest absolute Gasteiger partial charge is 0.573 e. The Morgan fingerprint density at radius 1 is 1.04 bits per heavy atom. The van der Waals surface area contributed by atoms with Crippen molar-refractivity contribution < 1.29 is 41.0 Å². The quantitative estimate of drug-likeness (QED) is 0.148. The molecule has 1 saturated heterocycles. The van der Waals surface area contributed by atoms with Crippen molar-refractivity contribution in [3.63, 3.8) is 0 Å². The Hall–Kier alpha value is -6.07. The number of hydrogen-bond acceptors (Lipinski definition) is 9. The Morgan fingerprint density at radius 2 is 1.85 bits per heavy atom. The average Bonchev–Trinajstić information content (AvgIpc) is 3.85. The highest BCUT2D eigenvalue weighted by molar-refractivity contribution is 8.15. The van der Waals surface area contributed by atoms with Crippen molar-refractivity contribution >= 4 is 51.3 Å². The van der Waals surface area contributed by atoms with E-state index in [9.17, 15) is 22.8 Å². The van der Waals surface area contributed by atoms with Gasteiger partial charge in [-0.2, -0.15) is 4.99 Å². The molecule has 1 aliphatic heterocycles. The van der Waals surface area contributed by atoms with Crippen molar-refractivity contribution in [2.45, 2.75) is 26.5 Å². The summed E-state index contributed by atoms with van der Waals surface area (Å²) >= 11 is 1.07. The molecule has 1 fully saturated rings. The van der Waals surface area contributed by atoms with Gasteiger partial charge in [0.1, 0.15) is 30.0 Å². The van der Waals surface area contributed by atoms with Crippen LogP contribution in [-0.2, 0) is 22.7 Å². The lowest BCUT2D eigenvalue weighted by Crippen LogP contribution is -2.31. The van der Waals surface area contributed by atoms with Gasteiger partial charge >= 0.3 is 12.4 Å². The number of amides is 3. The third-order valence-corrected chi connectivity index (χ3v) is 8.48. The van der Waals surface area contributed by atoms with Crippen LogP contribution in [0.3, 0.4) is 0 Å². The summed E-state index contributed by atoms with van der Waals surface area (Å²) in [5.74, 6) is -0.936. The number of halogens is 4. The summed E-state index contributed by atoms with van der Waals surface area (Å²) in [7, 11) is 0. The maximum atomic E-state index is 15.2. The molecule has 0 aliphatic carbocycles. The molecule has 2 aromatic heterocycles. The van der Waals surface area contributed by atoms with Crippen LogP contribution in [0.2, 0.25) is 0 Å². The van der Waals surface area contributed by atoms with E-state index < -0.39 is 24.0 Å². The number of hydrogen-bond donors (Lipinski definition) is 1. The molecular weight excluding hydrogens is 706 g/mol. The summed E-state index contributed by atoms with van der Waals surface area (Å²) in [4.78, 5) is 40.1. The number of oxazole rings is 1. The number of nitrogens with zero attached hydrogens (tertiary/aromatic N) is 6. The molecule has 3 heterocycles. The molecule has 6 aromatic rings. The van der Waals surface area contributed by atoms with Crippen LogP contribution < -0.4 is 15.0 Å². The Bertz CT molecular complexity index is 2290. The molecule has 52 heavy (non-hydrogen) atoms. The molecule has 0 radical (unpaired) electrons. The molecule has 7 rings (SSSR count). The standard InChI is InChI=1S/C35H25F4N7O5S/c1-20-6-7-22(16-49-17-30-41-27-4-2-3-5-29(27)50-30)28(14-20)46-31(47)18-52-34(46)43-33(48)42-26-13-8-21(15-25(26)36)32-40-19-45(44-32)23-9-11-24(12-10-23)51-35(37,38)39/h2-15,19H,16-18H2,1H3,(H,42,48)/b43-34-. The molecule has 0 spiro atoms. The molecule has 12 nitrogen and oxygen atoms in total. The maximum absolute atomic E-state index is 15.2. The monoisotopic (exact) mass is 731 g/mol. The number of fused-ring (bicyclic) bond motifs is 1. The minimum absolute atomic E-state index is 0.0391. The molecule has 1 N–H and O–H groups in total. The number of carbonyl (C=O) groups is 2. The zero-order chi connectivity index (χ0) is 36.4. The number of ether oxygens (including phenoxy) is 2. The van der Waals surface area contributed by atoms with E-state index in [1.165, 1.54) is 40.2 Å². The summed E-state index contributed by atoms with van der Waals surface area (Å²) < 4.78 is 69.4. The second-order valence-electron chi connectivity index (χ2n) is 11.3. The molecule has 0 bridgehead atoms. The normalized spacial score (nSPS) is 14.1. The van der Waals surface area contributed by atoms with Crippen LogP contribution >= 0.6 is 11.8 Å². The molecule has 0 unspecified atom stereocenters. The number of aryl methyl sites for hydroxylation is 1. The fourth-order valence-electron chi connectivity index (χ4n) is 5.22. The molecule has 0 atom stereocenters. The number of rotatable bonds is 9. The number of benzene rings is 4. The van der Waals surface area contributed by atoms with E-state index in [2.05, 4.69) is 30.1 Å². The van der Waals surface area contributed by atoms with Gasteiger partial charge in [0.25, 0.3) is 0 Å². The van der Waals surface area contributed by atoms with Gasteiger partial charge in [0, 0.05) is 11.1 Å². The molecule has 17 heteroatoms. The first-order valence-electron chi connectivity index (χ1n) is 15.4. The first-order valence-corrected chi connectivity index (χ1v) is 16.4. The summed E-state index contributed by atoms with van der Waals surface area (Å²) in [5, 5.41) is 6.79. The number of anilines is 2. The number of alkyl halides is 3. The fraction of sp³-hybridized carbons (Fsp3) is 0.143. The van der Waals surface area contributed by atoms with Crippen LogP contribution in [0.1, 0.15) is 17.0 Å². The zero-order valence-corrected chi connectivity index (χ0v) is 27.7. The van der Waals surface area contributed by atoms with Crippen LogP contribution in [0.5, 0.6) is 5.75 Å². The number of nitrogens with one attached hydrogen (secondary N) is 1. The van der Waals surface area contributed by atoms with Gasteiger partial charge in [-0.05, 0) is 73.2 Å². The van der Waals surface area contributed by atoms with E-state index in [-0.39, 0.29) is 47.1 Å². The molecule has 4 aromatic carbocycles. The SMILES string of the molecule is Cc1ccc(COCc2nc3ccccc3o2)c(N2C(=O)CS/C2=N\C(=O)Nc2ccc(-c3ncn(-c4ccc(OC(F)(F)F)cc4)n3)cc2F)c1. The van der Waals surface area contributed by atoms with Crippen molar-refractivity contribution in [1.82, 2.24) is 19.7 Å². The zero-order valence-electron chi connectivity index (χ0n) is 26.9. The Labute approximate surface area is 296 Å². The van der Waals surface area contributed by atoms with Crippen LogP contribution in [0.25, 0.3) is 28.2 Å². The summed E-state index contributed by atoms with van der Waals surface area (Å²) in [6.07, 6.45) is -3.51. The molecule has 264 valence electrons. The number of urea groups is 1. The summed E-state index contributed by atoms with van der Waals surface area (Å²) in [5.41, 5.74) is 3.85. The minimum Gasteiger partial charge on any atom is -0.438 e. The van der Waals surface area contributed by atoms with Crippen molar-refractivity contribution in [1.29, 1.82) is 0 Å². The van der Waals surface area contributed by atoms with Crippen LogP contribution in [0.4, 0.5) is 33.7 Å². The van der Waals surface area contributed by atoms with Gasteiger partial charge in [0.2, 0.25) is 11.8 Å². The maximum Gasteiger partial charge on any atom is 0.573 e. The van der Waals surface area contributed by atoms with Crippen molar-refractivity contribution in [3.8, 4) is 22.8 Å². The Balaban J connectivity index is 1.03. The number of para-hydroxylation sites is 2. The lowest BCUT2D eigenvalue weighted by molar-refractivity contribution is -0.274. The Morgan fingerprint density at radius 3 is 2.62 bits per heavy atom. The second kappa shape index (κ2) is 14.3. The van der Waals surface area contributed by atoms with Crippen molar-refractivity contribution in [2.24, 2.45) is 4.99 Å². The third-order valence-electron chi connectivity index (χ3n) is 7.56. The van der Waals surface area contributed by atoms with Gasteiger partial charge < -0.3 is 19.2 Å². The molecule has 1 aliphatic rings. The number of aromatic nitrogens is 4. The minimum atomic E-state index is -4.82. The number of amidine groups is 1. The lowest BCUT2D eigenvalue weighted by Gasteiger charge is -2.20. The van der Waals surface area contributed by atoms with Crippen LogP contribution in [-0.4, -0.2) is 49.0 Å². The predicted molar refractivity (Wildman–Crippen MR) is 184 cm³/mol. The molecule has 0 saturated carbocycles. The van der Waals surface area contributed by atoms with Gasteiger partial charge in [-0.1, -0.05) is 36.0 Å². The van der Waals surface area contributed by atoms with E-state index in [0.29, 0.717) is 33.9 Å². The van der Waals surface area contributed by atoms with E-state index >= 15 is 4.39 Å². The first kappa shape index (κ1) is 34.4. The molecular formula is C35H25F4N7O5S. The van der Waals surface area contributed by atoms with Gasteiger partial charge in [0.15, 0.2) is 16.6 Å². The van der Waals surface area contributed by atoms with Crippen molar-refractivity contribution in [2.75, 3.05) is 16.0 Å². The van der Waals surface area contributed by atoms with Gasteiger partial charge in [-0.25, -0.2) is 23.8 Å². The summed E-state index contributed by atoms with van der Waals surface area (Å²) in [6, 6.07) is 20.8. The lowest BCUT2D eigenvalue weighted by atomic mass is 10.1. The van der Waals surface area contributed by atoms with Crippen LogP contribution in [0.15, 0.2) is 101 Å². The molecule has 3 amide bonds. The number of aliphatic imine (C=N–C) groups is 1. The predicted octanol–water partition coefficient (Wildman–Crippen LogP) is 7.81. The van der Waals surface area contributed by atoms with E-state index in [4.69, 9.17) is 9.15 Å².